The van der Waals surface area contributed by atoms with Gasteiger partial charge in [-0.3, -0.25) is 14.4 Å². The zero-order valence-electron chi connectivity index (χ0n) is 15.6. The van der Waals surface area contributed by atoms with Crippen LogP contribution in [-0.4, -0.2) is 22.7 Å². The molecule has 1 amide bonds. The Morgan fingerprint density at radius 2 is 1.55 bits per heavy atom. The second-order valence-corrected chi connectivity index (χ2v) is 8.17. The first-order valence-electron chi connectivity index (χ1n) is 9.10. The molecule has 1 aliphatic rings. The van der Waals surface area contributed by atoms with Crippen LogP contribution in [0.4, 0.5) is 11.4 Å². The molecule has 3 N–H and O–H groups in total. The summed E-state index contributed by atoms with van der Waals surface area (Å²) in [5.74, 6) is -0.736. The Labute approximate surface area is 172 Å². The molecule has 0 aromatic heterocycles. The average Bonchev–Trinajstić information content (AvgIpc) is 2.72. The quantitative estimate of drug-likeness (QED) is 0.395. The lowest BCUT2D eigenvalue weighted by molar-refractivity contribution is -0.115. The number of nitrogens with one attached hydrogen (secondary N) is 1. The summed E-state index contributed by atoms with van der Waals surface area (Å²) < 4.78 is 0. The number of nitrogens with two attached hydrogens (primary N) is 1. The highest BCUT2D eigenvalue weighted by atomic mass is 32.2. The van der Waals surface area contributed by atoms with Gasteiger partial charge in [-0.25, -0.2) is 0 Å². The molecule has 5 nitrogen and oxygen atoms in total. The number of fused-ring (bicyclic) bond motifs is 2. The van der Waals surface area contributed by atoms with Crippen LogP contribution in [0, 0.1) is 0 Å². The highest BCUT2D eigenvalue weighted by Gasteiger charge is 2.32. The topological polar surface area (TPSA) is 89.3 Å². The number of thioether (sulfide) groups is 1. The Kier molecular flexibility index (Phi) is 4.94. The molecular formula is C23H18N2O3S. The van der Waals surface area contributed by atoms with Crippen molar-refractivity contribution in [2.45, 2.75) is 17.1 Å². The van der Waals surface area contributed by atoms with E-state index in [0.29, 0.717) is 28.1 Å². The minimum atomic E-state index is -0.422. The molecule has 29 heavy (non-hydrogen) atoms. The first-order valence-corrected chi connectivity index (χ1v) is 9.98. The minimum absolute atomic E-state index is 0.214. The molecule has 0 saturated heterocycles. The third kappa shape index (κ3) is 3.54. The Hall–Kier alpha value is -3.38. The van der Waals surface area contributed by atoms with E-state index in [1.54, 1.807) is 61.5 Å². The van der Waals surface area contributed by atoms with Crippen LogP contribution in [-0.2, 0) is 4.79 Å². The Morgan fingerprint density at radius 1 is 0.897 bits per heavy atom. The Morgan fingerprint density at radius 3 is 2.28 bits per heavy atom. The van der Waals surface area contributed by atoms with Gasteiger partial charge >= 0.3 is 0 Å². The predicted octanol–water partition coefficient (Wildman–Crippen LogP) is 4.16. The van der Waals surface area contributed by atoms with Crippen molar-refractivity contribution >= 4 is 40.6 Å². The number of hydrogen-bond acceptors (Lipinski definition) is 5. The monoisotopic (exact) mass is 402 g/mol. The summed E-state index contributed by atoms with van der Waals surface area (Å²) in [5, 5.41) is 2.40. The third-order valence-electron chi connectivity index (χ3n) is 4.75. The molecule has 0 aliphatic heterocycles. The number of hydrogen-bond donors (Lipinski definition) is 2. The fraction of sp³-hybridized carbons (Fsp3) is 0.0870. The van der Waals surface area contributed by atoms with Crippen molar-refractivity contribution in [1.82, 2.24) is 0 Å². The fourth-order valence-corrected chi connectivity index (χ4v) is 4.26. The summed E-state index contributed by atoms with van der Waals surface area (Å²) in [4.78, 5) is 39.5. The number of rotatable bonds is 4. The number of carbonyl (C=O) groups excluding carboxylic acids is 3. The van der Waals surface area contributed by atoms with Crippen LogP contribution >= 0.6 is 11.8 Å². The van der Waals surface area contributed by atoms with Gasteiger partial charge in [0.2, 0.25) is 5.91 Å². The van der Waals surface area contributed by atoms with E-state index in [1.165, 1.54) is 11.8 Å². The summed E-state index contributed by atoms with van der Waals surface area (Å²) in [6.07, 6.45) is 0. The molecule has 0 bridgehead atoms. The van der Waals surface area contributed by atoms with Crippen molar-refractivity contribution in [2.24, 2.45) is 0 Å². The molecule has 1 aliphatic carbocycles. The molecular weight excluding hydrogens is 384 g/mol. The van der Waals surface area contributed by atoms with Gasteiger partial charge < -0.3 is 11.1 Å². The van der Waals surface area contributed by atoms with Crippen LogP contribution in [0.2, 0.25) is 0 Å². The molecule has 3 aromatic carbocycles. The van der Waals surface area contributed by atoms with E-state index in [2.05, 4.69) is 5.32 Å². The van der Waals surface area contributed by atoms with Crippen molar-refractivity contribution in [3.8, 4) is 0 Å². The van der Waals surface area contributed by atoms with E-state index in [0.717, 1.165) is 4.90 Å². The van der Waals surface area contributed by atoms with Gasteiger partial charge in [0.15, 0.2) is 11.6 Å². The average molecular weight is 402 g/mol. The van der Waals surface area contributed by atoms with Crippen LogP contribution in [0.3, 0.4) is 0 Å². The van der Waals surface area contributed by atoms with E-state index >= 15 is 0 Å². The maximum Gasteiger partial charge on any atom is 0.237 e. The number of benzene rings is 3. The van der Waals surface area contributed by atoms with Crippen LogP contribution in [0.5, 0.6) is 0 Å². The van der Waals surface area contributed by atoms with Gasteiger partial charge in [0.05, 0.1) is 16.5 Å². The smallest absolute Gasteiger partial charge is 0.237 e. The Bertz CT molecular complexity index is 1160. The second kappa shape index (κ2) is 7.56. The summed E-state index contributed by atoms with van der Waals surface area (Å²) in [7, 11) is 0. The first kappa shape index (κ1) is 19.0. The van der Waals surface area contributed by atoms with Gasteiger partial charge in [-0.05, 0) is 31.2 Å². The van der Waals surface area contributed by atoms with Crippen molar-refractivity contribution in [3.05, 3.63) is 89.0 Å². The zero-order valence-corrected chi connectivity index (χ0v) is 16.5. The molecule has 0 saturated carbocycles. The third-order valence-corrected chi connectivity index (χ3v) is 5.84. The molecule has 4 rings (SSSR count). The molecule has 0 fully saturated rings. The van der Waals surface area contributed by atoms with Gasteiger partial charge in [0.1, 0.15) is 0 Å². The molecule has 1 atom stereocenters. The maximum atomic E-state index is 13.0. The van der Waals surface area contributed by atoms with Gasteiger partial charge in [-0.15, -0.1) is 11.8 Å². The SMILES string of the molecule is CC(Sc1cccc(N)c1)C(=O)Nc1cccc2c1C(=O)c1ccccc1C2=O. The van der Waals surface area contributed by atoms with Crippen LogP contribution in [0.1, 0.15) is 38.8 Å². The highest BCUT2D eigenvalue weighted by Crippen LogP contribution is 2.33. The molecule has 0 radical (unpaired) electrons. The van der Waals surface area contributed by atoms with Gasteiger partial charge in [-0.2, -0.15) is 0 Å². The van der Waals surface area contributed by atoms with Crippen molar-refractivity contribution in [2.75, 3.05) is 11.1 Å². The standard InChI is InChI=1S/C23H18N2O3S/c1-13(29-15-7-4-6-14(24)12-15)23(28)25-19-11-5-10-18-20(19)22(27)17-9-3-2-8-16(17)21(18)26/h2-13H,24H2,1H3,(H,25,28). The van der Waals surface area contributed by atoms with Crippen molar-refractivity contribution in [3.63, 3.8) is 0 Å². The number of carbonyl (C=O) groups is 3. The largest absolute Gasteiger partial charge is 0.399 e. The highest BCUT2D eigenvalue weighted by molar-refractivity contribution is 8.00. The molecule has 3 aromatic rings. The van der Waals surface area contributed by atoms with Crippen LogP contribution < -0.4 is 11.1 Å². The summed E-state index contributed by atoms with van der Waals surface area (Å²) in [6.45, 7) is 1.78. The number of amides is 1. The molecule has 1 unspecified atom stereocenters. The molecule has 6 heteroatoms. The lowest BCUT2D eigenvalue weighted by Crippen LogP contribution is -2.27. The van der Waals surface area contributed by atoms with Crippen LogP contribution in [0.15, 0.2) is 71.6 Å². The summed E-state index contributed by atoms with van der Waals surface area (Å²) in [5.41, 5.74) is 8.06. The maximum absolute atomic E-state index is 13.0. The lowest BCUT2D eigenvalue weighted by Gasteiger charge is -2.21. The van der Waals surface area contributed by atoms with Gasteiger partial charge in [0, 0.05) is 27.3 Å². The van der Waals surface area contributed by atoms with E-state index in [-0.39, 0.29) is 23.0 Å². The van der Waals surface area contributed by atoms with E-state index in [9.17, 15) is 14.4 Å². The molecule has 144 valence electrons. The molecule has 0 heterocycles. The summed E-state index contributed by atoms with van der Waals surface area (Å²) in [6, 6.07) is 19.0. The van der Waals surface area contributed by atoms with E-state index < -0.39 is 5.25 Å². The second-order valence-electron chi connectivity index (χ2n) is 6.75. The summed E-state index contributed by atoms with van der Waals surface area (Å²) >= 11 is 1.37. The normalized spacial score (nSPS) is 13.4. The van der Waals surface area contributed by atoms with E-state index in [1.807, 2.05) is 12.1 Å². The van der Waals surface area contributed by atoms with Gasteiger partial charge in [-0.1, -0.05) is 42.5 Å². The first-order chi connectivity index (χ1) is 14.0. The van der Waals surface area contributed by atoms with Crippen LogP contribution in [0.25, 0.3) is 0 Å². The lowest BCUT2D eigenvalue weighted by atomic mass is 9.83. The van der Waals surface area contributed by atoms with Crippen molar-refractivity contribution < 1.29 is 14.4 Å². The molecule has 0 spiro atoms. The number of anilines is 2. The van der Waals surface area contributed by atoms with E-state index in [4.69, 9.17) is 5.73 Å². The zero-order chi connectivity index (χ0) is 20.5. The minimum Gasteiger partial charge on any atom is -0.399 e. The predicted molar refractivity (Wildman–Crippen MR) is 115 cm³/mol. The number of ketones is 2. The number of nitrogen functional groups attached to an aromatic ring is 1. The van der Waals surface area contributed by atoms with Crippen molar-refractivity contribution in [1.29, 1.82) is 0 Å². The van der Waals surface area contributed by atoms with Gasteiger partial charge in [0.25, 0.3) is 0 Å². The Balaban J connectivity index is 1.61. The fourth-order valence-electron chi connectivity index (χ4n) is 3.33.